The summed E-state index contributed by atoms with van der Waals surface area (Å²) in [6.45, 7) is 2.92. The molecule has 0 spiro atoms. The first-order chi connectivity index (χ1) is 17.4. The zero-order chi connectivity index (χ0) is 25.2. The van der Waals surface area contributed by atoms with E-state index in [1.54, 1.807) is 7.11 Å². The second kappa shape index (κ2) is 9.99. The van der Waals surface area contributed by atoms with E-state index in [-0.39, 0.29) is 23.7 Å². The lowest BCUT2D eigenvalue weighted by molar-refractivity contribution is -0.118. The van der Waals surface area contributed by atoms with Crippen LogP contribution in [0.1, 0.15) is 50.3 Å². The first-order valence-electron chi connectivity index (χ1n) is 12.4. The molecule has 1 fully saturated rings. The van der Waals surface area contributed by atoms with E-state index in [9.17, 15) is 4.79 Å². The van der Waals surface area contributed by atoms with E-state index in [0.717, 1.165) is 60.8 Å². The van der Waals surface area contributed by atoms with Crippen molar-refractivity contribution in [3.05, 3.63) is 47.8 Å². The normalized spacial score (nSPS) is 23.6. The van der Waals surface area contributed by atoms with Crippen LogP contribution in [0.5, 0.6) is 11.6 Å². The summed E-state index contributed by atoms with van der Waals surface area (Å²) >= 11 is 0. The van der Waals surface area contributed by atoms with Crippen LogP contribution in [0, 0.1) is 0 Å². The number of rotatable bonds is 8. The van der Waals surface area contributed by atoms with Crippen molar-refractivity contribution in [3.8, 4) is 11.6 Å². The van der Waals surface area contributed by atoms with Crippen LogP contribution in [-0.2, 0) is 22.5 Å². The number of aryl methyl sites for hydroxylation is 1. The van der Waals surface area contributed by atoms with Crippen molar-refractivity contribution in [1.82, 2.24) is 20.3 Å². The molecule has 1 aliphatic heterocycles. The summed E-state index contributed by atoms with van der Waals surface area (Å²) < 4.78 is 16.9. The summed E-state index contributed by atoms with van der Waals surface area (Å²) in [5, 5.41) is 6.48. The van der Waals surface area contributed by atoms with Gasteiger partial charge in [-0.1, -0.05) is 0 Å². The number of carbonyl (C=O) groups excluding carboxylic acids is 1. The van der Waals surface area contributed by atoms with Gasteiger partial charge in [-0.25, -0.2) is 9.97 Å². The van der Waals surface area contributed by atoms with Gasteiger partial charge in [-0.3, -0.25) is 9.78 Å². The average Bonchev–Trinajstić information content (AvgIpc) is 2.91. The highest BCUT2D eigenvalue weighted by Gasteiger charge is 2.40. The molecule has 2 aliphatic rings. The van der Waals surface area contributed by atoms with Crippen molar-refractivity contribution in [2.24, 2.45) is 0 Å². The molecule has 36 heavy (non-hydrogen) atoms. The maximum atomic E-state index is 11.6. The molecule has 2 N–H and O–H groups in total. The molecule has 0 aromatic carbocycles. The molecule has 0 radical (unpaired) electrons. The SMILES string of the molecule is COc1ccc2nccc(CCC3(OC)CCC(C)(NCc4ccc5c(n4)NC(=O)CO5)CC3)c2n1. The van der Waals surface area contributed by atoms with Crippen LogP contribution >= 0.6 is 0 Å². The van der Waals surface area contributed by atoms with Crippen LogP contribution in [0.3, 0.4) is 0 Å². The average molecular weight is 492 g/mol. The number of amides is 1. The number of pyridine rings is 3. The predicted octanol–water partition coefficient (Wildman–Crippen LogP) is 3.80. The van der Waals surface area contributed by atoms with Crippen LogP contribution in [0.25, 0.3) is 11.0 Å². The zero-order valence-electron chi connectivity index (χ0n) is 21.1. The number of carbonyl (C=O) groups is 1. The Balaban J connectivity index is 1.20. The van der Waals surface area contributed by atoms with Gasteiger partial charge in [0.1, 0.15) is 0 Å². The first-order valence-corrected chi connectivity index (χ1v) is 12.4. The van der Waals surface area contributed by atoms with E-state index in [4.69, 9.17) is 14.2 Å². The van der Waals surface area contributed by atoms with Gasteiger partial charge in [0.15, 0.2) is 18.2 Å². The summed E-state index contributed by atoms with van der Waals surface area (Å²) in [7, 11) is 3.46. The smallest absolute Gasteiger partial charge is 0.263 e. The molecule has 3 aromatic heterocycles. The molecule has 1 amide bonds. The highest BCUT2D eigenvalue weighted by Crippen LogP contribution is 2.40. The lowest BCUT2D eigenvalue weighted by atomic mass is 9.72. The minimum absolute atomic E-state index is 0.0162. The predicted molar refractivity (Wildman–Crippen MR) is 136 cm³/mol. The van der Waals surface area contributed by atoms with E-state index in [1.165, 1.54) is 0 Å². The summed E-state index contributed by atoms with van der Waals surface area (Å²) in [5.41, 5.74) is 3.62. The third-order valence-electron chi connectivity index (χ3n) is 7.63. The van der Waals surface area contributed by atoms with E-state index < -0.39 is 0 Å². The number of fused-ring (bicyclic) bond motifs is 2. The molecule has 0 saturated heterocycles. The molecule has 5 rings (SSSR count). The molecule has 0 atom stereocenters. The van der Waals surface area contributed by atoms with Crippen molar-refractivity contribution in [3.63, 3.8) is 0 Å². The number of methoxy groups -OCH3 is 2. The fourth-order valence-electron chi connectivity index (χ4n) is 5.14. The fraction of sp³-hybridized carbons (Fsp3) is 0.481. The molecule has 0 unspecified atom stereocenters. The Bertz CT molecular complexity index is 1260. The molecular formula is C27H33N5O4. The standard InChI is InChI=1S/C27H33N5O4/c1-26(29-16-19-4-6-21-25(30-19)31-22(33)17-36-21)11-13-27(35-3,14-12-26)10-8-18-9-15-28-20-5-7-23(34-2)32-24(18)20/h4-7,9,15,29H,8,10-14,16-17H2,1-3H3,(H,30,31,33). The molecule has 1 saturated carbocycles. The number of nitrogens with one attached hydrogen (secondary N) is 2. The van der Waals surface area contributed by atoms with E-state index in [2.05, 4.69) is 32.5 Å². The largest absolute Gasteiger partial charge is 0.481 e. The number of hydrogen-bond donors (Lipinski definition) is 2. The number of nitrogens with zero attached hydrogens (tertiary/aromatic N) is 3. The number of aromatic nitrogens is 3. The Kier molecular flexibility index (Phi) is 6.77. The third-order valence-corrected chi connectivity index (χ3v) is 7.63. The molecule has 190 valence electrons. The second-order valence-electron chi connectivity index (χ2n) is 9.98. The monoisotopic (exact) mass is 491 g/mol. The topological polar surface area (TPSA) is 107 Å². The van der Waals surface area contributed by atoms with Gasteiger partial charge in [0.05, 0.1) is 29.4 Å². The van der Waals surface area contributed by atoms with Gasteiger partial charge in [-0.2, -0.15) is 0 Å². The second-order valence-corrected chi connectivity index (χ2v) is 9.98. The molecule has 9 heteroatoms. The molecular weight excluding hydrogens is 458 g/mol. The third kappa shape index (κ3) is 5.12. The van der Waals surface area contributed by atoms with Gasteiger partial charge in [0.2, 0.25) is 5.88 Å². The quantitative estimate of drug-likeness (QED) is 0.490. The van der Waals surface area contributed by atoms with Crippen LogP contribution in [0.2, 0.25) is 0 Å². The summed E-state index contributed by atoms with van der Waals surface area (Å²) in [6, 6.07) is 9.65. The number of anilines is 1. The van der Waals surface area contributed by atoms with Gasteiger partial charge >= 0.3 is 0 Å². The Morgan fingerprint density at radius 2 is 1.92 bits per heavy atom. The van der Waals surface area contributed by atoms with Gasteiger partial charge in [-0.05, 0) is 75.3 Å². The van der Waals surface area contributed by atoms with Crippen LogP contribution < -0.4 is 20.1 Å². The van der Waals surface area contributed by atoms with Crippen molar-refractivity contribution in [2.75, 3.05) is 26.1 Å². The Morgan fingerprint density at radius 1 is 1.08 bits per heavy atom. The number of hydrogen-bond acceptors (Lipinski definition) is 8. The first kappa shape index (κ1) is 24.4. The van der Waals surface area contributed by atoms with E-state index in [0.29, 0.717) is 24.0 Å². The minimum atomic E-state index is -0.176. The fourth-order valence-corrected chi connectivity index (χ4v) is 5.14. The lowest BCUT2D eigenvalue weighted by Crippen LogP contribution is -2.50. The molecule has 4 heterocycles. The van der Waals surface area contributed by atoms with Gasteiger partial charge in [-0.15, -0.1) is 0 Å². The van der Waals surface area contributed by atoms with Gasteiger partial charge in [0, 0.05) is 31.5 Å². The highest BCUT2D eigenvalue weighted by atomic mass is 16.5. The van der Waals surface area contributed by atoms with Crippen LogP contribution in [0.15, 0.2) is 36.5 Å². The maximum Gasteiger partial charge on any atom is 0.263 e. The van der Waals surface area contributed by atoms with Crippen molar-refractivity contribution >= 4 is 22.8 Å². The zero-order valence-corrected chi connectivity index (χ0v) is 21.1. The molecule has 9 nitrogen and oxygen atoms in total. The van der Waals surface area contributed by atoms with Gasteiger partial charge in [0.25, 0.3) is 5.91 Å². The van der Waals surface area contributed by atoms with E-state index >= 15 is 0 Å². The Morgan fingerprint density at radius 3 is 2.69 bits per heavy atom. The van der Waals surface area contributed by atoms with Crippen molar-refractivity contribution in [2.45, 2.75) is 63.1 Å². The Hall–Kier alpha value is -3.30. The molecule has 3 aromatic rings. The van der Waals surface area contributed by atoms with Crippen molar-refractivity contribution < 1.29 is 19.0 Å². The van der Waals surface area contributed by atoms with Crippen LogP contribution in [-0.4, -0.2) is 52.8 Å². The van der Waals surface area contributed by atoms with Crippen molar-refractivity contribution in [1.29, 1.82) is 0 Å². The Labute approximate surface area is 211 Å². The maximum absolute atomic E-state index is 11.6. The summed E-state index contributed by atoms with van der Waals surface area (Å²) in [5.74, 6) is 1.53. The summed E-state index contributed by atoms with van der Waals surface area (Å²) in [4.78, 5) is 25.3. The van der Waals surface area contributed by atoms with E-state index in [1.807, 2.05) is 43.6 Å². The molecule has 1 aliphatic carbocycles. The summed E-state index contributed by atoms with van der Waals surface area (Å²) in [6.07, 6.45) is 7.55. The van der Waals surface area contributed by atoms with Gasteiger partial charge < -0.3 is 24.8 Å². The number of ether oxygens (including phenoxy) is 3. The minimum Gasteiger partial charge on any atom is -0.481 e. The van der Waals surface area contributed by atoms with Crippen LogP contribution in [0.4, 0.5) is 5.82 Å². The highest BCUT2D eigenvalue weighted by molar-refractivity contribution is 5.94. The lowest BCUT2D eigenvalue weighted by Gasteiger charge is -2.45. The molecule has 0 bridgehead atoms.